The van der Waals surface area contributed by atoms with Crippen molar-refractivity contribution in [3.8, 4) is 11.5 Å². The molecule has 4 heteroatoms. The third-order valence-corrected chi connectivity index (χ3v) is 3.45. The van der Waals surface area contributed by atoms with Crippen LogP contribution in [0.2, 0.25) is 0 Å². The van der Waals surface area contributed by atoms with E-state index in [2.05, 4.69) is 17.1 Å². The predicted molar refractivity (Wildman–Crippen MR) is 72.6 cm³/mol. The zero-order valence-electron chi connectivity index (χ0n) is 11.1. The fourth-order valence-electron chi connectivity index (χ4n) is 2.45. The number of hydrogen-bond donors (Lipinski definition) is 0. The summed E-state index contributed by atoms with van der Waals surface area (Å²) in [5.41, 5.74) is 1.10. The third-order valence-electron chi connectivity index (χ3n) is 3.45. The first-order chi connectivity index (χ1) is 9.30. The minimum atomic E-state index is -0.0411. The highest BCUT2D eigenvalue weighted by Gasteiger charge is 2.24. The van der Waals surface area contributed by atoms with E-state index in [-0.39, 0.29) is 12.0 Å². The number of rotatable bonds is 4. The van der Waals surface area contributed by atoms with Crippen LogP contribution in [0.5, 0.6) is 11.5 Å². The summed E-state index contributed by atoms with van der Waals surface area (Å²) in [6.45, 7) is 0. The van der Waals surface area contributed by atoms with Crippen LogP contribution < -0.4 is 9.47 Å². The fraction of sp³-hybridized carbons (Fsp3) is 0.400. The zero-order valence-corrected chi connectivity index (χ0v) is 11.1. The molecule has 0 bridgehead atoms. The number of ether oxygens (including phenoxy) is 2. The largest absolute Gasteiger partial charge is 0.493 e. The van der Waals surface area contributed by atoms with Crippen molar-refractivity contribution in [2.75, 3.05) is 14.2 Å². The molecule has 0 fully saturated rings. The van der Waals surface area contributed by atoms with Gasteiger partial charge in [-0.3, -0.25) is 0 Å². The standard InChI is InChI=1S/C15H17NO3/c1-18-14-8-7-11(9-15(14)19-2)12-5-3-4-6-13(12)16-10-17/h3-4,7-9,12-13H,5-6H2,1-2H3/t12-,13+/m0/s1. The number of hydrogen-bond acceptors (Lipinski definition) is 4. The molecule has 1 aliphatic carbocycles. The summed E-state index contributed by atoms with van der Waals surface area (Å²) >= 11 is 0. The quantitative estimate of drug-likeness (QED) is 0.474. The number of carbonyl (C=O) groups excluding carboxylic acids is 1. The van der Waals surface area contributed by atoms with E-state index in [1.165, 1.54) is 0 Å². The maximum absolute atomic E-state index is 10.5. The van der Waals surface area contributed by atoms with Crippen LogP contribution in [0.1, 0.15) is 24.3 Å². The molecule has 0 aromatic heterocycles. The molecule has 1 aromatic rings. The van der Waals surface area contributed by atoms with Crippen LogP contribution in [0, 0.1) is 0 Å². The van der Waals surface area contributed by atoms with Crippen LogP contribution in [0.3, 0.4) is 0 Å². The second-order valence-corrected chi connectivity index (χ2v) is 4.45. The second-order valence-electron chi connectivity index (χ2n) is 4.45. The monoisotopic (exact) mass is 259 g/mol. The molecule has 0 radical (unpaired) electrons. The SMILES string of the molecule is COc1ccc([C@@H]2CC=CC[C@H]2N=C=O)cc1OC. The highest BCUT2D eigenvalue weighted by Crippen LogP contribution is 2.36. The molecule has 2 rings (SSSR count). The summed E-state index contributed by atoms with van der Waals surface area (Å²) in [6.07, 6.45) is 7.49. The van der Waals surface area contributed by atoms with Crippen molar-refractivity contribution in [1.82, 2.24) is 0 Å². The van der Waals surface area contributed by atoms with Crippen LogP contribution in [-0.2, 0) is 4.79 Å². The Balaban J connectivity index is 2.34. The first-order valence-electron chi connectivity index (χ1n) is 6.24. The van der Waals surface area contributed by atoms with Crippen molar-refractivity contribution in [1.29, 1.82) is 0 Å². The molecule has 0 saturated carbocycles. The summed E-state index contributed by atoms with van der Waals surface area (Å²) in [5, 5.41) is 0. The molecule has 1 aliphatic rings. The first-order valence-corrected chi connectivity index (χ1v) is 6.24. The number of isocyanates is 1. The average Bonchev–Trinajstić information content (AvgIpc) is 2.47. The van der Waals surface area contributed by atoms with Gasteiger partial charge in [-0.25, -0.2) is 9.79 Å². The van der Waals surface area contributed by atoms with Gasteiger partial charge in [0.15, 0.2) is 11.5 Å². The van der Waals surface area contributed by atoms with Crippen LogP contribution in [0.15, 0.2) is 35.3 Å². The molecule has 4 nitrogen and oxygen atoms in total. The molecular formula is C15H17NO3. The number of benzene rings is 1. The lowest BCUT2D eigenvalue weighted by molar-refractivity contribution is 0.353. The maximum Gasteiger partial charge on any atom is 0.235 e. The number of methoxy groups -OCH3 is 2. The summed E-state index contributed by atoms with van der Waals surface area (Å²) < 4.78 is 10.5. The average molecular weight is 259 g/mol. The lowest BCUT2D eigenvalue weighted by Crippen LogP contribution is -2.18. The zero-order chi connectivity index (χ0) is 13.7. The minimum Gasteiger partial charge on any atom is -0.493 e. The fourth-order valence-corrected chi connectivity index (χ4v) is 2.45. The van der Waals surface area contributed by atoms with E-state index < -0.39 is 0 Å². The third kappa shape index (κ3) is 2.85. The van der Waals surface area contributed by atoms with Gasteiger partial charge in [-0.05, 0) is 30.5 Å². The van der Waals surface area contributed by atoms with Crippen LogP contribution in [0.25, 0.3) is 0 Å². The van der Waals surface area contributed by atoms with Gasteiger partial charge in [0, 0.05) is 5.92 Å². The Morgan fingerprint density at radius 2 is 1.89 bits per heavy atom. The molecule has 0 spiro atoms. The molecular weight excluding hydrogens is 242 g/mol. The molecule has 0 heterocycles. The molecule has 0 N–H and O–H groups in total. The number of nitrogens with zero attached hydrogens (tertiary/aromatic N) is 1. The van der Waals surface area contributed by atoms with Crippen molar-refractivity contribution >= 4 is 6.08 Å². The topological polar surface area (TPSA) is 47.9 Å². The molecule has 0 saturated heterocycles. The van der Waals surface area contributed by atoms with Crippen LogP contribution in [-0.4, -0.2) is 26.3 Å². The minimum absolute atomic E-state index is 0.0411. The second kappa shape index (κ2) is 6.21. The Morgan fingerprint density at radius 1 is 1.16 bits per heavy atom. The van der Waals surface area contributed by atoms with E-state index in [0.717, 1.165) is 18.4 Å². The van der Waals surface area contributed by atoms with E-state index in [1.807, 2.05) is 18.2 Å². The number of allylic oxidation sites excluding steroid dienone is 1. The maximum atomic E-state index is 10.5. The molecule has 100 valence electrons. The van der Waals surface area contributed by atoms with Crippen molar-refractivity contribution in [3.05, 3.63) is 35.9 Å². The summed E-state index contributed by atoms with van der Waals surface area (Å²) in [5.74, 6) is 1.59. The Hall–Kier alpha value is -2.06. The van der Waals surface area contributed by atoms with E-state index in [0.29, 0.717) is 11.5 Å². The normalized spacial score (nSPS) is 21.6. The van der Waals surface area contributed by atoms with Gasteiger partial charge >= 0.3 is 0 Å². The number of aliphatic imine (C=N–C) groups is 1. The van der Waals surface area contributed by atoms with E-state index >= 15 is 0 Å². The molecule has 0 aliphatic heterocycles. The first kappa shape index (κ1) is 13.4. The van der Waals surface area contributed by atoms with E-state index in [1.54, 1.807) is 20.3 Å². The molecule has 1 aromatic carbocycles. The summed E-state index contributed by atoms with van der Waals surface area (Å²) in [6, 6.07) is 5.79. The van der Waals surface area contributed by atoms with Crippen molar-refractivity contribution in [3.63, 3.8) is 0 Å². The van der Waals surface area contributed by atoms with Crippen LogP contribution in [0.4, 0.5) is 0 Å². The molecule has 2 atom stereocenters. The molecule has 0 amide bonds. The van der Waals surface area contributed by atoms with Gasteiger partial charge in [-0.2, -0.15) is 0 Å². The highest BCUT2D eigenvalue weighted by atomic mass is 16.5. The lowest BCUT2D eigenvalue weighted by Gasteiger charge is -2.25. The van der Waals surface area contributed by atoms with Gasteiger partial charge in [0.1, 0.15) is 0 Å². The Morgan fingerprint density at radius 3 is 2.58 bits per heavy atom. The van der Waals surface area contributed by atoms with Gasteiger partial charge in [0.25, 0.3) is 0 Å². The van der Waals surface area contributed by atoms with Crippen molar-refractivity contribution in [2.45, 2.75) is 24.8 Å². The van der Waals surface area contributed by atoms with Gasteiger partial charge in [-0.1, -0.05) is 18.2 Å². The van der Waals surface area contributed by atoms with Gasteiger partial charge in [0.2, 0.25) is 6.08 Å². The Labute approximate surface area is 112 Å². The van der Waals surface area contributed by atoms with Crippen molar-refractivity contribution < 1.29 is 14.3 Å². The summed E-state index contributed by atoms with van der Waals surface area (Å²) in [7, 11) is 3.23. The van der Waals surface area contributed by atoms with Gasteiger partial charge in [0.05, 0.1) is 20.3 Å². The molecule has 0 unspecified atom stereocenters. The predicted octanol–water partition coefficient (Wildman–Crippen LogP) is 2.84. The van der Waals surface area contributed by atoms with Crippen LogP contribution >= 0.6 is 0 Å². The van der Waals surface area contributed by atoms with E-state index in [9.17, 15) is 4.79 Å². The van der Waals surface area contributed by atoms with E-state index in [4.69, 9.17) is 9.47 Å². The lowest BCUT2D eigenvalue weighted by atomic mass is 9.83. The van der Waals surface area contributed by atoms with Crippen molar-refractivity contribution in [2.24, 2.45) is 4.99 Å². The Kier molecular flexibility index (Phi) is 4.37. The summed E-state index contributed by atoms with van der Waals surface area (Å²) in [4.78, 5) is 14.4. The molecule has 19 heavy (non-hydrogen) atoms. The van der Waals surface area contributed by atoms with Gasteiger partial charge < -0.3 is 9.47 Å². The highest BCUT2D eigenvalue weighted by molar-refractivity contribution is 5.45. The Bertz CT molecular complexity index is 518. The smallest absolute Gasteiger partial charge is 0.235 e. The van der Waals surface area contributed by atoms with Gasteiger partial charge in [-0.15, -0.1) is 0 Å².